The zero-order chi connectivity index (χ0) is 12.0. The maximum absolute atomic E-state index is 10.9. The summed E-state index contributed by atoms with van der Waals surface area (Å²) < 4.78 is 5.48. The summed E-state index contributed by atoms with van der Waals surface area (Å²) in [6.45, 7) is 4.59. The molecule has 0 fully saturated rings. The van der Waals surface area contributed by atoms with Crippen molar-refractivity contribution in [1.29, 1.82) is 0 Å². The van der Waals surface area contributed by atoms with Gasteiger partial charge < -0.3 is 9.84 Å². The third-order valence-corrected chi connectivity index (χ3v) is 3.92. The van der Waals surface area contributed by atoms with Crippen LogP contribution in [0.2, 0.25) is 0 Å². The zero-order valence-corrected chi connectivity index (χ0v) is 11.1. The van der Waals surface area contributed by atoms with Crippen LogP contribution in [0, 0.1) is 6.92 Å². The molecule has 1 aromatic rings. The van der Waals surface area contributed by atoms with E-state index in [4.69, 9.17) is 9.84 Å². The summed E-state index contributed by atoms with van der Waals surface area (Å²) in [6.07, 6.45) is 0.951. The van der Waals surface area contributed by atoms with E-state index in [1.165, 1.54) is 11.3 Å². The van der Waals surface area contributed by atoms with Crippen LogP contribution in [0.3, 0.4) is 0 Å². The first-order valence-electron chi connectivity index (χ1n) is 5.19. The van der Waals surface area contributed by atoms with Crippen molar-refractivity contribution in [2.45, 2.75) is 20.3 Å². The van der Waals surface area contributed by atoms with Gasteiger partial charge in [-0.05, 0) is 30.9 Å². The lowest BCUT2D eigenvalue weighted by atomic mass is 10.4. The molecule has 0 unspecified atom stereocenters. The first-order valence-corrected chi connectivity index (χ1v) is 7.16. The molecule has 0 aliphatic heterocycles. The van der Waals surface area contributed by atoms with Gasteiger partial charge in [0.2, 0.25) is 0 Å². The van der Waals surface area contributed by atoms with Gasteiger partial charge in [-0.25, -0.2) is 4.79 Å². The number of aryl methyl sites for hydroxylation is 1. The number of aromatic carboxylic acids is 1. The van der Waals surface area contributed by atoms with Crippen LogP contribution >= 0.6 is 23.1 Å². The summed E-state index contributed by atoms with van der Waals surface area (Å²) in [5, 5.41) is 8.95. The fraction of sp³-hybridized carbons (Fsp3) is 0.545. The van der Waals surface area contributed by atoms with Gasteiger partial charge in [-0.15, -0.1) is 11.3 Å². The van der Waals surface area contributed by atoms with Crippen LogP contribution in [-0.2, 0) is 0 Å². The average Bonchev–Trinajstić information content (AvgIpc) is 2.59. The number of thioether (sulfide) groups is 1. The molecule has 0 atom stereocenters. The van der Waals surface area contributed by atoms with E-state index in [9.17, 15) is 4.79 Å². The number of carboxylic acids is 1. The second-order valence-electron chi connectivity index (χ2n) is 3.25. The van der Waals surface area contributed by atoms with Crippen molar-refractivity contribution in [1.82, 2.24) is 0 Å². The van der Waals surface area contributed by atoms with Gasteiger partial charge in [0.05, 0.1) is 6.61 Å². The van der Waals surface area contributed by atoms with E-state index in [0.717, 1.165) is 22.8 Å². The summed E-state index contributed by atoms with van der Waals surface area (Å²) in [6, 6.07) is 1.79. The van der Waals surface area contributed by atoms with Gasteiger partial charge in [0.1, 0.15) is 5.75 Å². The normalized spacial score (nSPS) is 10.4. The van der Waals surface area contributed by atoms with E-state index in [1.807, 2.05) is 18.7 Å². The van der Waals surface area contributed by atoms with E-state index in [2.05, 4.69) is 6.92 Å². The Hall–Kier alpha value is -0.680. The molecule has 0 saturated carbocycles. The van der Waals surface area contributed by atoms with Crippen molar-refractivity contribution in [3.05, 3.63) is 15.8 Å². The van der Waals surface area contributed by atoms with Gasteiger partial charge >= 0.3 is 5.97 Å². The Morgan fingerprint density at radius 1 is 1.62 bits per heavy atom. The van der Waals surface area contributed by atoms with E-state index in [-0.39, 0.29) is 0 Å². The molecule has 1 rings (SSSR count). The fourth-order valence-electron chi connectivity index (χ4n) is 1.23. The Bertz CT molecular complexity index is 347. The Kier molecular flexibility index (Phi) is 5.69. The predicted octanol–water partition coefficient (Wildman–Crippen LogP) is 3.28. The van der Waals surface area contributed by atoms with Gasteiger partial charge in [0.15, 0.2) is 4.88 Å². The third-order valence-electron chi connectivity index (χ3n) is 1.91. The average molecular weight is 260 g/mol. The molecular formula is C11H16O3S2. The van der Waals surface area contributed by atoms with Crippen molar-refractivity contribution >= 4 is 29.1 Å². The maximum Gasteiger partial charge on any atom is 0.349 e. The Morgan fingerprint density at radius 2 is 2.38 bits per heavy atom. The molecule has 16 heavy (non-hydrogen) atoms. The summed E-state index contributed by atoms with van der Waals surface area (Å²) in [4.78, 5) is 12.2. The monoisotopic (exact) mass is 260 g/mol. The number of rotatable bonds is 7. The highest BCUT2D eigenvalue weighted by Gasteiger charge is 2.14. The maximum atomic E-state index is 10.9. The van der Waals surface area contributed by atoms with Gasteiger partial charge in [-0.3, -0.25) is 0 Å². The van der Waals surface area contributed by atoms with Crippen molar-refractivity contribution in [2.75, 3.05) is 18.1 Å². The van der Waals surface area contributed by atoms with Gasteiger partial charge in [-0.1, -0.05) is 6.92 Å². The number of hydrogen-bond donors (Lipinski definition) is 1. The highest BCUT2D eigenvalue weighted by atomic mass is 32.2. The lowest BCUT2D eigenvalue weighted by Gasteiger charge is -2.04. The Morgan fingerprint density at radius 3 is 3.00 bits per heavy atom. The lowest BCUT2D eigenvalue weighted by molar-refractivity contribution is 0.0698. The minimum absolute atomic E-state index is 0.306. The van der Waals surface area contributed by atoms with Crippen molar-refractivity contribution in [3.63, 3.8) is 0 Å². The summed E-state index contributed by atoms with van der Waals surface area (Å²) in [5.41, 5.74) is 0. The van der Waals surface area contributed by atoms with Crippen molar-refractivity contribution in [2.24, 2.45) is 0 Å². The summed E-state index contributed by atoms with van der Waals surface area (Å²) in [5.74, 6) is 1.77. The molecule has 1 heterocycles. The molecule has 0 radical (unpaired) electrons. The second-order valence-corrected chi connectivity index (χ2v) is 5.90. The molecular weight excluding hydrogens is 244 g/mol. The fourth-order valence-corrected chi connectivity index (χ4v) is 2.64. The van der Waals surface area contributed by atoms with E-state index in [1.54, 1.807) is 6.07 Å². The largest absolute Gasteiger partial charge is 0.492 e. The summed E-state index contributed by atoms with van der Waals surface area (Å²) >= 11 is 3.13. The number of hydrogen-bond acceptors (Lipinski definition) is 4. The first kappa shape index (κ1) is 13.4. The standard InChI is InChI=1S/C11H16O3S2/c1-3-15-6-4-5-14-9-7-8(2)16-10(9)11(12)13/h7H,3-6H2,1-2H3,(H,12,13). The molecule has 0 saturated heterocycles. The molecule has 0 amide bonds. The number of ether oxygens (including phenoxy) is 1. The minimum Gasteiger partial charge on any atom is -0.492 e. The Balaban J connectivity index is 2.44. The third kappa shape index (κ3) is 4.06. The van der Waals surface area contributed by atoms with Crippen LogP contribution in [0.5, 0.6) is 5.75 Å². The first-order chi connectivity index (χ1) is 7.65. The SMILES string of the molecule is CCSCCCOc1cc(C)sc1C(=O)O. The highest BCUT2D eigenvalue weighted by molar-refractivity contribution is 7.99. The van der Waals surface area contributed by atoms with E-state index < -0.39 is 5.97 Å². The van der Waals surface area contributed by atoms with Crippen LogP contribution in [-0.4, -0.2) is 29.2 Å². The van der Waals surface area contributed by atoms with Crippen LogP contribution in [0.25, 0.3) is 0 Å². The van der Waals surface area contributed by atoms with Crippen LogP contribution in [0.1, 0.15) is 27.9 Å². The smallest absolute Gasteiger partial charge is 0.349 e. The van der Waals surface area contributed by atoms with E-state index >= 15 is 0 Å². The molecule has 0 bridgehead atoms. The quantitative estimate of drug-likeness (QED) is 0.764. The second kappa shape index (κ2) is 6.81. The molecule has 0 aromatic carbocycles. The van der Waals surface area contributed by atoms with Crippen molar-refractivity contribution < 1.29 is 14.6 Å². The molecule has 0 aliphatic carbocycles. The molecule has 0 aliphatic rings. The highest BCUT2D eigenvalue weighted by Crippen LogP contribution is 2.28. The van der Waals surface area contributed by atoms with Crippen molar-refractivity contribution in [3.8, 4) is 5.75 Å². The van der Waals surface area contributed by atoms with Crippen LogP contribution in [0.15, 0.2) is 6.07 Å². The molecule has 90 valence electrons. The predicted molar refractivity (Wildman–Crippen MR) is 69.1 cm³/mol. The van der Waals surface area contributed by atoms with E-state index in [0.29, 0.717) is 17.2 Å². The molecule has 5 heteroatoms. The van der Waals surface area contributed by atoms with Gasteiger partial charge in [0, 0.05) is 4.88 Å². The van der Waals surface area contributed by atoms with Crippen LogP contribution < -0.4 is 4.74 Å². The minimum atomic E-state index is -0.906. The van der Waals surface area contributed by atoms with Gasteiger partial charge in [0.25, 0.3) is 0 Å². The molecule has 1 N–H and O–H groups in total. The lowest BCUT2D eigenvalue weighted by Crippen LogP contribution is -2.02. The molecule has 0 spiro atoms. The Labute approximate surface area is 104 Å². The number of carbonyl (C=O) groups is 1. The summed E-state index contributed by atoms with van der Waals surface area (Å²) in [7, 11) is 0. The molecule has 3 nitrogen and oxygen atoms in total. The number of carboxylic acid groups (broad SMARTS) is 1. The molecule has 1 aromatic heterocycles. The zero-order valence-electron chi connectivity index (χ0n) is 9.49. The van der Waals surface area contributed by atoms with Crippen LogP contribution in [0.4, 0.5) is 0 Å². The topological polar surface area (TPSA) is 46.5 Å². The number of thiophene rings is 1. The van der Waals surface area contributed by atoms with Gasteiger partial charge in [-0.2, -0.15) is 11.8 Å².